The summed E-state index contributed by atoms with van der Waals surface area (Å²) in [7, 11) is 1.34. The van der Waals surface area contributed by atoms with Gasteiger partial charge in [0.2, 0.25) is 11.7 Å². The molecule has 0 saturated carbocycles. The third-order valence-corrected chi connectivity index (χ3v) is 5.01. The Morgan fingerprint density at radius 1 is 1.09 bits per heavy atom. The SMILES string of the molecule is COc1cc(CCC(=O)N2CCN(C(=O)c3cc(C)no3)CC2)ccc1OCC(F)(F)F. The fraction of sp³-hybridized carbons (Fsp3) is 0.476. The molecule has 2 heterocycles. The summed E-state index contributed by atoms with van der Waals surface area (Å²) in [6.45, 7) is 1.92. The lowest BCUT2D eigenvalue weighted by Crippen LogP contribution is -2.50. The van der Waals surface area contributed by atoms with Crippen LogP contribution in [0.2, 0.25) is 0 Å². The average molecular weight is 455 g/mol. The van der Waals surface area contributed by atoms with Gasteiger partial charge in [0, 0.05) is 38.7 Å². The average Bonchev–Trinajstić information content (AvgIpc) is 3.21. The van der Waals surface area contributed by atoms with E-state index in [0.717, 1.165) is 5.56 Å². The number of halogens is 3. The summed E-state index contributed by atoms with van der Waals surface area (Å²) < 4.78 is 52.0. The molecule has 2 amide bonds. The largest absolute Gasteiger partial charge is 0.493 e. The van der Waals surface area contributed by atoms with E-state index < -0.39 is 12.8 Å². The minimum Gasteiger partial charge on any atom is -0.493 e. The van der Waals surface area contributed by atoms with Crippen LogP contribution in [0.25, 0.3) is 0 Å². The zero-order valence-electron chi connectivity index (χ0n) is 17.8. The van der Waals surface area contributed by atoms with Gasteiger partial charge in [-0.15, -0.1) is 0 Å². The molecule has 174 valence electrons. The number of amides is 2. The molecule has 1 fully saturated rings. The Morgan fingerprint density at radius 3 is 2.38 bits per heavy atom. The second-order valence-corrected chi connectivity index (χ2v) is 7.39. The zero-order chi connectivity index (χ0) is 23.3. The van der Waals surface area contributed by atoms with Gasteiger partial charge in [0.15, 0.2) is 18.1 Å². The van der Waals surface area contributed by atoms with Gasteiger partial charge >= 0.3 is 6.18 Å². The van der Waals surface area contributed by atoms with Gasteiger partial charge in [0.25, 0.3) is 5.91 Å². The Bertz CT molecular complexity index is 952. The van der Waals surface area contributed by atoms with Crippen LogP contribution in [0.4, 0.5) is 13.2 Å². The van der Waals surface area contributed by atoms with Crippen molar-refractivity contribution >= 4 is 11.8 Å². The lowest BCUT2D eigenvalue weighted by atomic mass is 10.1. The van der Waals surface area contributed by atoms with Gasteiger partial charge in [-0.3, -0.25) is 9.59 Å². The van der Waals surface area contributed by atoms with E-state index in [4.69, 9.17) is 14.0 Å². The topological polar surface area (TPSA) is 85.1 Å². The predicted molar refractivity (Wildman–Crippen MR) is 107 cm³/mol. The molecule has 1 aliphatic heterocycles. The van der Waals surface area contributed by atoms with Crippen molar-refractivity contribution in [3.8, 4) is 11.5 Å². The maximum atomic E-state index is 12.6. The highest BCUT2D eigenvalue weighted by Gasteiger charge is 2.29. The number of hydrogen-bond acceptors (Lipinski definition) is 6. The number of rotatable bonds is 7. The fourth-order valence-electron chi connectivity index (χ4n) is 3.33. The monoisotopic (exact) mass is 455 g/mol. The van der Waals surface area contributed by atoms with E-state index in [1.54, 1.807) is 34.9 Å². The van der Waals surface area contributed by atoms with Crippen LogP contribution in [0.1, 0.15) is 28.2 Å². The van der Waals surface area contributed by atoms with Crippen molar-refractivity contribution in [1.82, 2.24) is 15.0 Å². The van der Waals surface area contributed by atoms with Gasteiger partial charge < -0.3 is 23.8 Å². The number of methoxy groups -OCH3 is 1. The summed E-state index contributed by atoms with van der Waals surface area (Å²) in [6.07, 6.45) is -3.83. The minimum atomic E-state index is -4.45. The number of benzene rings is 1. The van der Waals surface area contributed by atoms with Crippen LogP contribution in [0.3, 0.4) is 0 Å². The Kier molecular flexibility index (Phi) is 7.26. The van der Waals surface area contributed by atoms with E-state index in [9.17, 15) is 22.8 Å². The summed E-state index contributed by atoms with van der Waals surface area (Å²) in [6, 6.07) is 6.15. The number of alkyl halides is 3. The molecule has 8 nitrogen and oxygen atoms in total. The van der Waals surface area contributed by atoms with Gasteiger partial charge in [0.1, 0.15) is 0 Å². The van der Waals surface area contributed by atoms with Crippen molar-refractivity contribution in [2.24, 2.45) is 0 Å². The molecule has 11 heteroatoms. The molecule has 1 aliphatic rings. The van der Waals surface area contributed by atoms with Crippen LogP contribution in [0, 0.1) is 6.92 Å². The first-order valence-electron chi connectivity index (χ1n) is 10.0. The van der Waals surface area contributed by atoms with E-state index in [2.05, 4.69) is 5.16 Å². The van der Waals surface area contributed by atoms with Crippen LogP contribution in [0.5, 0.6) is 11.5 Å². The van der Waals surface area contributed by atoms with Crippen LogP contribution in [-0.4, -0.2) is 72.8 Å². The standard InChI is InChI=1S/C21H24F3N3O5/c1-14-11-18(32-25-14)20(29)27-9-7-26(8-10-27)19(28)6-4-15-3-5-16(17(12-15)30-2)31-13-21(22,23)24/h3,5,11-12H,4,6-10,13H2,1-2H3. The van der Waals surface area contributed by atoms with Gasteiger partial charge in [0.05, 0.1) is 12.8 Å². The third kappa shape index (κ3) is 6.14. The second-order valence-electron chi connectivity index (χ2n) is 7.39. The number of carbonyl (C=O) groups is 2. The van der Waals surface area contributed by atoms with Crippen LogP contribution >= 0.6 is 0 Å². The molecule has 0 atom stereocenters. The lowest BCUT2D eigenvalue weighted by molar-refractivity contribution is -0.153. The van der Waals surface area contributed by atoms with Gasteiger partial charge in [-0.05, 0) is 31.0 Å². The Hall–Kier alpha value is -3.24. The molecule has 0 N–H and O–H groups in total. The molecule has 0 aliphatic carbocycles. The summed E-state index contributed by atoms with van der Waals surface area (Å²) in [5.41, 5.74) is 1.36. The van der Waals surface area contributed by atoms with E-state index >= 15 is 0 Å². The quantitative estimate of drug-likeness (QED) is 0.639. The van der Waals surface area contributed by atoms with Crippen LogP contribution in [-0.2, 0) is 11.2 Å². The normalized spacial score (nSPS) is 14.4. The number of nitrogens with zero attached hydrogens (tertiary/aromatic N) is 3. The number of carbonyl (C=O) groups excluding carboxylic acids is 2. The molecule has 0 bridgehead atoms. The first kappa shape index (κ1) is 23.4. The fourth-order valence-corrected chi connectivity index (χ4v) is 3.33. The Morgan fingerprint density at radius 2 is 1.78 bits per heavy atom. The lowest BCUT2D eigenvalue weighted by Gasteiger charge is -2.34. The second kappa shape index (κ2) is 9.92. The van der Waals surface area contributed by atoms with E-state index in [-0.39, 0.29) is 35.5 Å². The van der Waals surface area contributed by atoms with E-state index in [1.807, 2.05) is 0 Å². The van der Waals surface area contributed by atoms with Crippen LogP contribution < -0.4 is 9.47 Å². The molecule has 0 unspecified atom stereocenters. The zero-order valence-corrected chi connectivity index (χ0v) is 17.8. The highest BCUT2D eigenvalue weighted by molar-refractivity contribution is 5.91. The summed E-state index contributed by atoms with van der Waals surface area (Å²) in [4.78, 5) is 28.3. The summed E-state index contributed by atoms with van der Waals surface area (Å²) in [5, 5.41) is 3.71. The first-order valence-corrected chi connectivity index (χ1v) is 10.0. The van der Waals surface area contributed by atoms with Gasteiger partial charge in [-0.1, -0.05) is 11.2 Å². The third-order valence-electron chi connectivity index (χ3n) is 5.01. The summed E-state index contributed by atoms with van der Waals surface area (Å²) in [5.74, 6) is 0.0251. The molecule has 1 aromatic carbocycles. The highest BCUT2D eigenvalue weighted by Crippen LogP contribution is 2.30. The minimum absolute atomic E-state index is 0.0114. The summed E-state index contributed by atoms with van der Waals surface area (Å²) >= 11 is 0. The molecule has 32 heavy (non-hydrogen) atoms. The maximum absolute atomic E-state index is 12.6. The van der Waals surface area contributed by atoms with E-state index in [0.29, 0.717) is 38.3 Å². The number of ether oxygens (including phenoxy) is 2. The molecule has 1 aromatic heterocycles. The first-order chi connectivity index (χ1) is 15.2. The molecule has 0 spiro atoms. The highest BCUT2D eigenvalue weighted by atomic mass is 19.4. The van der Waals surface area contributed by atoms with Crippen molar-refractivity contribution in [2.75, 3.05) is 39.9 Å². The molecular formula is C21H24F3N3O5. The van der Waals surface area contributed by atoms with Crippen molar-refractivity contribution in [3.05, 3.63) is 41.3 Å². The maximum Gasteiger partial charge on any atom is 0.422 e. The van der Waals surface area contributed by atoms with Crippen LogP contribution in [0.15, 0.2) is 28.8 Å². The van der Waals surface area contributed by atoms with Gasteiger partial charge in [-0.2, -0.15) is 13.2 Å². The molecule has 1 saturated heterocycles. The van der Waals surface area contributed by atoms with Crippen molar-refractivity contribution in [2.45, 2.75) is 25.9 Å². The molecule has 3 rings (SSSR count). The molecule has 0 radical (unpaired) electrons. The van der Waals surface area contributed by atoms with Crippen molar-refractivity contribution in [3.63, 3.8) is 0 Å². The number of aromatic nitrogens is 1. The molecular weight excluding hydrogens is 431 g/mol. The number of hydrogen-bond donors (Lipinski definition) is 0. The predicted octanol–water partition coefficient (Wildman–Crippen LogP) is 2.85. The van der Waals surface area contributed by atoms with Crippen molar-refractivity contribution in [1.29, 1.82) is 0 Å². The Balaban J connectivity index is 1.49. The van der Waals surface area contributed by atoms with Crippen molar-refractivity contribution < 1.29 is 36.8 Å². The number of piperazine rings is 1. The smallest absolute Gasteiger partial charge is 0.422 e. The van der Waals surface area contributed by atoms with E-state index in [1.165, 1.54) is 13.2 Å². The molecule has 2 aromatic rings. The van der Waals surface area contributed by atoms with Gasteiger partial charge in [-0.25, -0.2) is 0 Å². The Labute approximate surface area is 182 Å². The number of aryl methyl sites for hydroxylation is 2.